The predicted molar refractivity (Wildman–Crippen MR) is 69.6 cm³/mol. The Bertz CT molecular complexity index is 464. The van der Waals surface area contributed by atoms with E-state index in [0.29, 0.717) is 0 Å². The molecule has 1 aliphatic rings. The minimum absolute atomic E-state index is 0.0178. The maximum atomic E-state index is 14.0. The van der Waals surface area contributed by atoms with Crippen molar-refractivity contribution in [3.05, 3.63) is 23.8 Å². The first kappa shape index (κ1) is 13.6. The quantitative estimate of drug-likeness (QED) is 0.818. The van der Waals surface area contributed by atoms with E-state index in [1.54, 1.807) is 0 Å². The summed E-state index contributed by atoms with van der Waals surface area (Å²) in [6, 6.07) is 2.06. The number of rotatable bonds is 4. The number of hydrogen-bond acceptors (Lipinski definition) is 3. The Kier molecular flexibility index (Phi) is 3.87. The van der Waals surface area contributed by atoms with Crippen molar-refractivity contribution in [3.63, 3.8) is 0 Å². The van der Waals surface area contributed by atoms with E-state index >= 15 is 0 Å². The molecular formula is C13H17F2N3O. The molecule has 1 aliphatic carbocycles. The molecule has 0 unspecified atom stereocenters. The van der Waals surface area contributed by atoms with Crippen molar-refractivity contribution in [1.82, 2.24) is 0 Å². The minimum Gasteiger partial charge on any atom is -0.399 e. The van der Waals surface area contributed by atoms with Crippen molar-refractivity contribution >= 4 is 17.3 Å². The van der Waals surface area contributed by atoms with Gasteiger partial charge < -0.3 is 16.4 Å². The lowest BCUT2D eigenvalue weighted by Crippen LogP contribution is -2.41. The third-order valence-corrected chi connectivity index (χ3v) is 3.42. The minimum atomic E-state index is -0.759. The molecule has 0 bridgehead atoms. The average Bonchev–Trinajstić information content (AvgIpc) is 2.78. The van der Waals surface area contributed by atoms with Crippen LogP contribution < -0.4 is 16.4 Å². The summed E-state index contributed by atoms with van der Waals surface area (Å²) in [4.78, 5) is 12.6. The van der Waals surface area contributed by atoms with Crippen molar-refractivity contribution < 1.29 is 13.6 Å². The SMILES string of the molecule is NC(=O)CN(c1c(F)cc(N)cc1F)C1CCCC1. The molecule has 0 radical (unpaired) electrons. The highest BCUT2D eigenvalue weighted by atomic mass is 19.1. The number of benzene rings is 1. The smallest absolute Gasteiger partial charge is 0.236 e. The molecule has 0 aliphatic heterocycles. The third kappa shape index (κ3) is 2.94. The third-order valence-electron chi connectivity index (χ3n) is 3.42. The van der Waals surface area contributed by atoms with E-state index in [9.17, 15) is 13.6 Å². The summed E-state index contributed by atoms with van der Waals surface area (Å²) < 4.78 is 27.9. The maximum Gasteiger partial charge on any atom is 0.236 e. The lowest BCUT2D eigenvalue weighted by atomic mass is 10.1. The lowest BCUT2D eigenvalue weighted by molar-refractivity contribution is -0.116. The van der Waals surface area contributed by atoms with Gasteiger partial charge in [-0.05, 0) is 25.0 Å². The van der Waals surface area contributed by atoms with Crippen molar-refractivity contribution in [2.45, 2.75) is 31.7 Å². The van der Waals surface area contributed by atoms with Crippen LogP contribution in [-0.4, -0.2) is 18.5 Å². The van der Waals surface area contributed by atoms with Crippen molar-refractivity contribution in [1.29, 1.82) is 0 Å². The Morgan fingerprint density at radius 3 is 2.26 bits per heavy atom. The number of hydrogen-bond donors (Lipinski definition) is 2. The number of nitrogen functional groups attached to an aromatic ring is 1. The summed E-state index contributed by atoms with van der Waals surface area (Å²) >= 11 is 0. The maximum absolute atomic E-state index is 14.0. The van der Waals surface area contributed by atoms with Gasteiger partial charge in [-0.25, -0.2) is 8.78 Å². The van der Waals surface area contributed by atoms with Gasteiger partial charge in [0, 0.05) is 11.7 Å². The molecule has 1 aromatic carbocycles. The molecule has 1 fully saturated rings. The van der Waals surface area contributed by atoms with Gasteiger partial charge in [0.1, 0.15) is 5.69 Å². The highest BCUT2D eigenvalue weighted by Crippen LogP contribution is 2.32. The summed E-state index contributed by atoms with van der Waals surface area (Å²) in [7, 11) is 0. The topological polar surface area (TPSA) is 72.4 Å². The number of nitrogens with zero attached hydrogens (tertiary/aromatic N) is 1. The molecule has 1 amide bonds. The fraction of sp³-hybridized carbons (Fsp3) is 0.462. The Labute approximate surface area is 110 Å². The predicted octanol–water partition coefficient (Wildman–Crippen LogP) is 1.78. The number of carbonyl (C=O) groups is 1. The Morgan fingerprint density at radius 2 is 1.79 bits per heavy atom. The number of halogens is 2. The molecule has 1 aromatic rings. The van der Waals surface area contributed by atoms with E-state index in [-0.39, 0.29) is 24.0 Å². The van der Waals surface area contributed by atoms with E-state index in [0.717, 1.165) is 37.8 Å². The first-order valence-electron chi connectivity index (χ1n) is 6.28. The summed E-state index contributed by atoms with van der Waals surface area (Å²) in [6.45, 7) is -0.192. The first-order valence-corrected chi connectivity index (χ1v) is 6.28. The normalized spacial score (nSPS) is 15.7. The zero-order valence-electron chi connectivity index (χ0n) is 10.5. The van der Waals surface area contributed by atoms with Gasteiger partial charge >= 0.3 is 0 Å². The van der Waals surface area contributed by atoms with Crippen LogP contribution in [-0.2, 0) is 4.79 Å². The first-order chi connectivity index (χ1) is 8.99. The van der Waals surface area contributed by atoms with Crippen LogP contribution in [0.4, 0.5) is 20.2 Å². The molecule has 6 heteroatoms. The average molecular weight is 269 g/mol. The molecule has 104 valence electrons. The molecule has 0 heterocycles. The van der Waals surface area contributed by atoms with E-state index in [1.807, 2.05) is 0 Å². The second kappa shape index (κ2) is 5.42. The number of primary amides is 1. The molecule has 19 heavy (non-hydrogen) atoms. The molecule has 4 nitrogen and oxygen atoms in total. The number of amides is 1. The Morgan fingerprint density at radius 1 is 1.26 bits per heavy atom. The molecule has 0 atom stereocenters. The monoisotopic (exact) mass is 269 g/mol. The van der Waals surface area contributed by atoms with Crippen LogP contribution in [0.1, 0.15) is 25.7 Å². The molecular weight excluding hydrogens is 252 g/mol. The fourth-order valence-corrected chi connectivity index (χ4v) is 2.63. The summed E-state index contributed by atoms with van der Waals surface area (Å²) in [6.07, 6.45) is 3.57. The second-order valence-corrected chi connectivity index (χ2v) is 4.87. The largest absolute Gasteiger partial charge is 0.399 e. The highest BCUT2D eigenvalue weighted by molar-refractivity contribution is 5.80. The van der Waals surface area contributed by atoms with Crippen LogP contribution in [0.2, 0.25) is 0 Å². The van der Waals surface area contributed by atoms with Crippen molar-refractivity contribution in [3.8, 4) is 0 Å². The number of anilines is 2. The van der Waals surface area contributed by atoms with Crippen LogP contribution in [0.5, 0.6) is 0 Å². The van der Waals surface area contributed by atoms with Crippen LogP contribution >= 0.6 is 0 Å². The fourth-order valence-electron chi connectivity index (χ4n) is 2.63. The van der Waals surface area contributed by atoms with Gasteiger partial charge in [-0.3, -0.25) is 4.79 Å². The van der Waals surface area contributed by atoms with Gasteiger partial charge in [-0.1, -0.05) is 12.8 Å². The van der Waals surface area contributed by atoms with E-state index in [1.165, 1.54) is 4.90 Å². The van der Waals surface area contributed by atoms with Gasteiger partial charge in [0.15, 0.2) is 11.6 Å². The van der Waals surface area contributed by atoms with Crippen LogP contribution in [0.25, 0.3) is 0 Å². The Hall–Kier alpha value is -1.85. The summed E-state index contributed by atoms with van der Waals surface area (Å²) in [5.74, 6) is -2.13. The zero-order chi connectivity index (χ0) is 14.0. The van der Waals surface area contributed by atoms with Crippen molar-refractivity contribution in [2.75, 3.05) is 17.2 Å². The Balaban J connectivity index is 2.39. The van der Waals surface area contributed by atoms with Gasteiger partial charge in [0.05, 0.1) is 6.54 Å². The van der Waals surface area contributed by atoms with Crippen LogP contribution in [0.3, 0.4) is 0 Å². The van der Waals surface area contributed by atoms with Gasteiger partial charge in [0.2, 0.25) is 5.91 Å². The standard InChI is InChI=1S/C13H17F2N3O/c14-10-5-8(16)6-11(15)13(10)18(7-12(17)19)9-3-1-2-4-9/h5-6,9H,1-4,7,16H2,(H2,17,19). The zero-order valence-corrected chi connectivity index (χ0v) is 10.5. The van der Waals surface area contributed by atoms with Gasteiger partial charge in [0.25, 0.3) is 0 Å². The molecule has 1 saturated carbocycles. The molecule has 4 N–H and O–H groups in total. The summed E-state index contributed by atoms with van der Waals surface area (Å²) in [5, 5.41) is 0. The molecule has 2 rings (SSSR count). The summed E-state index contributed by atoms with van der Waals surface area (Å²) in [5.41, 5.74) is 10.4. The molecule has 0 aromatic heterocycles. The van der Waals surface area contributed by atoms with E-state index in [2.05, 4.69) is 0 Å². The van der Waals surface area contributed by atoms with Crippen molar-refractivity contribution in [2.24, 2.45) is 5.73 Å². The molecule has 0 spiro atoms. The van der Waals surface area contributed by atoms with E-state index in [4.69, 9.17) is 11.5 Å². The van der Waals surface area contributed by atoms with Gasteiger partial charge in [-0.15, -0.1) is 0 Å². The van der Waals surface area contributed by atoms with Crippen LogP contribution in [0.15, 0.2) is 12.1 Å². The molecule has 0 saturated heterocycles. The highest BCUT2D eigenvalue weighted by Gasteiger charge is 2.28. The van der Waals surface area contributed by atoms with E-state index < -0.39 is 17.5 Å². The lowest BCUT2D eigenvalue weighted by Gasteiger charge is -2.30. The number of nitrogens with two attached hydrogens (primary N) is 2. The second-order valence-electron chi connectivity index (χ2n) is 4.87. The van der Waals surface area contributed by atoms with Crippen LogP contribution in [0, 0.1) is 11.6 Å². The van der Waals surface area contributed by atoms with Gasteiger partial charge in [-0.2, -0.15) is 0 Å². The number of carbonyl (C=O) groups excluding carboxylic acids is 1.